The van der Waals surface area contributed by atoms with Crippen molar-refractivity contribution >= 4 is 34.3 Å². The van der Waals surface area contributed by atoms with E-state index in [0.717, 1.165) is 17.3 Å². The van der Waals surface area contributed by atoms with Crippen LogP contribution in [0.15, 0.2) is 50.9 Å². The van der Waals surface area contributed by atoms with Gasteiger partial charge in [0.2, 0.25) is 11.7 Å². The molecular weight excluding hydrogens is 497 g/mol. The number of hydrogen-bond acceptors (Lipinski definition) is 8. The van der Waals surface area contributed by atoms with E-state index in [9.17, 15) is 9.90 Å². The molecule has 1 heterocycles. The number of aryl methyl sites for hydroxylation is 2. The van der Waals surface area contributed by atoms with Gasteiger partial charge in [-0.3, -0.25) is 0 Å². The van der Waals surface area contributed by atoms with Crippen molar-refractivity contribution in [1.29, 1.82) is 0 Å². The molecule has 1 amide bonds. The van der Waals surface area contributed by atoms with Crippen LogP contribution in [-0.2, 0) is 6.42 Å². The lowest BCUT2D eigenvalue weighted by Gasteiger charge is -2.21. The van der Waals surface area contributed by atoms with Gasteiger partial charge in [0, 0.05) is 24.6 Å². The van der Waals surface area contributed by atoms with E-state index in [2.05, 4.69) is 20.1 Å². The van der Waals surface area contributed by atoms with Crippen LogP contribution in [0.2, 0.25) is 0 Å². The van der Waals surface area contributed by atoms with Crippen LogP contribution in [0.4, 0.5) is 14.9 Å². The highest BCUT2D eigenvalue weighted by molar-refractivity contribution is 8.15. The maximum atomic E-state index is 15.9. The summed E-state index contributed by atoms with van der Waals surface area (Å²) in [5.41, 5.74) is 2.20. The van der Waals surface area contributed by atoms with Crippen LogP contribution < -0.4 is 4.74 Å². The molecule has 0 aliphatic carbocycles. The predicted molar refractivity (Wildman–Crippen MR) is 144 cm³/mol. The maximum absolute atomic E-state index is 15.9. The Morgan fingerprint density at radius 1 is 1.27 bits per heavy atom. The summed E-state index contributed by atoms with van der Waals surface area (Å²) in [7, 11) is 3.82. The van der Waals surface area contributed by atoms with Gasteiger partial charge in [-0.2, -0.15) is 9.98 Å². The summed E-state index contributed by atoms with van der Waals surface area (Å²) >= 11 is 1.07. The lowest BCUT2D eigenvalue weighted by atomic mass is 10.0. The average molecular weight is 528 g/mol. The summed E-state index contributed by atoms with van der Waals surface area (Å²) in [6.07, 6.45) is 0.599. The number of thioether (sulfide) groups is 1. The molecule has 0 saturated heterocycles. The molecule has 0 bridgehead atoms. The lowest BCUT2D eigenvalue weighted by Crippen LogP contribution is -2.28. The summed E-state index contributed by atoms with van der Waals surface area (Å²) in [5, 5.41) is 13.3. The zero-order chi connectivity index (χ0) is 27.1. The largest absolute Gasteiger partial charge is 0.486 e. The van der Waals surface area contributed by atoms with Gasteiger partial charge in [0.25, 0.3) is 0 Å². The SMILES string of the molecule is CCc1cc(OC(C)CN(C)C)c(F)c(C(=Nc2ccc(-c3noc(C)n3)cc2)C(=NC(=O)O)SC)c1. The highest BCUT2D eigenvalue weighted by Gasteiger charge is 2.23. The molecule has 37 heavy (non-hydrogen) atoms. The van der Waals surface area contributed by atoms with E-state index in [1.54, 1.807) is 49.6 Å². The van der Waals surface area contributed by atoms with E-state index in [1.165, 1.54) is 0 Å². The molecule has 0 saturated carbocycles. The third-order valence-electron chi connectivity index (χ3n) is 5.20. The van der Waals surface area contributed by atoms with E-state index < -0.39 is 11.9 Å². The minimum atomic E-state index is -1.40. The number of halogens is 1. The molecule has 11 heteroatoms. The predicted octanol–water partition coefficient (Wildman–Crippen LogP) is 5.64. The molecule has 0 aliphatic rings. The highest BCUT2D eigenvalue weighted by Crippen LogP contribution is 2.29. The molecule has 3 rings (SSSR count). The number of hydrogen-bond donors (Lipinski definition) is 1. The van der Waals surface area contributed by atoms with Crippen LogP contribution in [0.25, 0.3) is 11.4 Å². The summed E-state index contributed by atoms with van der Waals surface area (Å²) in [6.45, 7) is 6.10. The molecule has 0 fully saturated rings. The van der Waals surface area contributed by atoms with Crippen molar-refractivity contribution in [3.63, 3.8) is 0 Å². The second kappa shape index (κ2) is 12.6. The quantitative estimate of drug-likeness (QED) is 0.281. The Labute approximate surface area is 219 Å². The fourth-order valence-corrected chi connectivity index (χ4v) is 4.14. The number of benzene rings is 2. The van der Waals surface area contributed by atoms with Crippen molar-refractivity contribution in [2.45, 2.75) is 33.3 Å². The molecular formula is C26H30FN5O4S. The summed E-state index contributed by atoms with van der Waals surface area (Å²) in [6, 6.07) is 10.2. The normalized spacial score (nSPS) is 13.2. The number of amides is 1. The van der Waals surface area contributed by atoms with Crippen LogP contribution in [0.3, 0.4) is 0 Å². The second-order valence-corrected chi connectivity index (χ2v) is 9.34. The molecule has 0 radical (unpaired) electrons. The smallest absolute Gasteiger partial charge is 0.432 e. The molecule has 1 N–H and O–H groups in total. The summed E-state index contributed by atoms with van der Waals surface area (Å²) in [4.78, 5) is 26.0. The van der Waals surface area contributed by atoms with Gasteiger partial charge < -0.3 is 19.3 Å². The fourth-order valence-electron chi connectivity index (χ4n) is 3.62. The minimum absolute atomic E-state index is 0.0600. The zero-order valence-corrected chi connectivity index (χ0v) is 22.5. The Balaban J connectivity index is 2.13. The number of aromatic nitrogens is 2. The number of likely N-dealkylation sites (N-methyl/N-ethyl adjacent to an activating group) is 1. The van der Waals surface area contributed by atoms with E-state index in [0.29, 0.717) is 35.9 Å². The third-order valence-corrected chi connectivity index (χ3v) is 5.87. The molecule has 2 aromatic carbocycles. The van der Waals surface area contributed by atoms with Gasteiger partial charge in [0.1, 0.15) is 16.9 Å². The van der Waals surface area contributed by atoms with Gasteiger partial charge in [-0.15, -0.1) is 11.8 Å². The van der Waals surface area contributed by atoms with Crippen molar-refractivity contribution in [3.8, 4) is 17.1 Å². The molecule has 1 atom stereocenters. The van der Waals surface area contributed by atoms with E-state index in [1.807, 2.05) is 32.8 Å². The first-order chi connectivity index (χ1) is 17.6. The number of nitrogens with zero attached hydrogens (tertiary/aromatic N) is 5. The number of ether oxygens (including phenoxy) is 1. The first-order valence-corrected chi connectivity index (χ1v) is 12.8. The number of rotatable bonds is 9. The van der Waals surface area contributed by atoms with Crippen molar-refractivity contribution in [2.75, 3.05) is 26.9 Å². The summed E-state index contributed by atoms with van der Waals surface area (Å²) in [5.74, 6) is 0.321. The fraction of sp³-hybridized carbons (Fsp3) is 0.346. The number of aliphatic imine (C=N–C) groups is 2. The Hall–Kier alpha value is -3.57. The first-order valence-electron chi connectivity index (χ1n) is 11.6. The molecule has 1 unspecified atom stereocenters. The first kappa shape index (κ1) is 28.0. The van der Waals surface area contributed by atoms with Gasteiger partial charge in [0.05, 0.1) is 5.69 Å². The van der Waals surface area contributed by atoms with Crippen LogP contribution in [0, 0.1) is 12.7 Å². The van der Waals surface area contributed by atoms with Crippen LogP contribution in [0.5, 0.6) is 5.75 Å². The van der Waals surface area contributed by atoms with Crippen LogP contribution in [-0.4, -0.2) is 70.0 Å². The third kappa shape index (κ3) is 7.46. The van der Waals surface area contributed by atoms with E-state index in [4.69, 9.17) is 9.26 Å². The number of carbonyl (C=O) groups is 1. The zero-order valence-electron chi connectivity index (χ0n) is 21.6. The van der Waals surface area contributed by atoms with E-state index in [-0.39, 0.29) is 28.2 Å². The van der Waals surface area contributed by atoms with Gasteiger partial charge in [0.15, 0.2) is 11.6 Å². The molecule has 0 aliphatic heterocycles. The maximum Gasteiger partial charge on any atom is 0.432 e. The van der Waals surface area contributed by atoms with Gasteiger partial charge in [-0.05, 0) is 75.7 Å². The molecule has 196 valence electrons. The molecule has 1 aromatic heterocycles. The van der Waals surface area contributed by atoms with Crippen LogP contribution in [0.1, 0.15) is 30.9 Å². The molecule has 0 spiro atoms. The van der Waals surface area contributed by atoms with Gasteiger partial charge in [-0.25, -0.2) is 14.2 Å². The van der Waals surface area contributed by atoms with Crippen molar-refractivity contribution in [2.24, 2.45) is 9.98 Å². The lowest BCUT2D eigenvalue weighted by molar-refractivity contribution is 0.170. The molecule has 3 aromatic rings. The average Bonchev–Trinajstić information content (AvgIpc) is 3.28. The molecule has 9 nitrogen and oxygen atoms in total. The number of carboxylic acid groups (broad SMARTS) is 1. The Kier molecular flexibility index (Phi) is 9.54. The Bertz CT molecular complexity index is 1300. The monoisotopic (exact) mass is 527 g/mol. The van der Waals surface area contributed by atoms with Gasteiger partial charge in [-0.1, -0.05) is 12.1 Å². The highest BCUT2D eigenvalue weighted by atomic mass is 32.2. The van der Waals surface area contributed by atoms with Crippen molar-refractivity contribution in [3.05, 3.63) is 59.2 Å². The summed E-state index contributed by atoms with van der Waals surface area (Å²) < 4.78 is 26.9. The Morgan fingerprint density at radius 2 is 1.97 bits per heavy atom. The minimum Gasteiger partial charge on any atom is -0.486 e. The van der Waals surface area contributed by atoms with Crippen molar-refractivity contribution in [1.82, 2.24) is 15.0 Å². The standard InChI is InChI=1S/C26H30FN5O4S/c1-7-17-12-20(22(27)21(13-17)35-15(2)14-32(4)5)23(25(37-6)30-26(33)34)29-19-10-8-18(9-11-19)24-28-16(3)36-31-24/h8-13,15H,7,14H2,1-6H3,(H,33,34). The van der Waals surface area contributed by atoms with Crippen LogP contribution >= 0.6 is 11.8 Å². The van der Waals surface area contributed by atoms with Crippen molar-refractivity contribution < 1.29 is 23.6 Å². The van der Waals surface area contributed by atoms with E-state index >= 15 is 4.39 Å². The Morgan fingerprint density at radius 3 is 2.51 bits per heavy atom. The second-order valence-electron chi connectivity index (χ2n) is 8.55. The van der Waals surface area contributed by atoms with Gasteiger partial charge >= 0.3 is 6.09 Å². The topological polar surface area (TPSA) is 113 Å².